The average molecular weight is 315 g/mol. The summed E-state index contributed by atoms with van der Waals surface area (Å²) in [7, 11) is 0. The van der Waals surface area contributed by atoms with E-state index in [9.17, 15) is 4.79 Å². The van der Waals surface area contributed by atoms with Crippen LogP contribution in [0.2, 0.25) is 0 Å². The monoisotopic (exact) mass is 315 g/mol. The highest BCUT2D eigenvalue weighted by Gasteiger charge is 2.12. The van der Waals surface area contributed by atoms with Crippen molar-refractivity contribution in [2.45, 2.75) is 26.2 Å². The third kappa shape index (κ3) is 3.05. The Kier molecular flexibility index (Phi) is 4.26. The van der Waals surface area contributed by atoms with Crippen LogP contribution >= 0.6 is 11.3 Å². The molecule has 0 unspecified atom stereocenters. The van der Waals surface area contributed by atoms with Crippen LogP contribution in [0.1, 0.15) is 28.2 Å². The van der Waals surface area contributed by atoms with Gasteiger partial charge in [0.25, 0.3) is 5.56 Å². The number of benzene rings is 1. The molecule has 0 aliphatic carbocycles. The molecule has 0 spiro atoms. The molecule has 0 bridgehead atoms. The van der Waals surface area contributed by atoms with E-state index in [1.165, 1.54) is 21.4 Å². The molecule has 22 heavy (non-hydrogen) atoms. The highest BCUT2D eigenvalue weighted by Crippen LogP contribution is 2.12. The molecule has 1 aromatic carbocycles. The van der Waals surface area contributed by atoms with Gasteiger partial charge < -0.3 is 5.73 Å². The van der Waals surface area contributed by atoms with Crippen LogP contribution in [0.25, 0.3) is 4.96 Å². The Morgan fingerprint density at radius 3 is 2.73 bits per heavy atom. The minimum absolute atomic E-state index is 0.194. The van der Waals surface area contributed by atoms with Gasteiger partial charge in [0.1, 0.15) is 10.7 Å². The van der Waals surface area contributed by atoms with Gasteiger partial charge in [-0.05, 0) is 25.5 Å². The normalized spacial score (nSPS) is 11.2. The van der Waals surface area contributed by atoms with Crippen molar-refractivity contribution in [2.24, 2.45) is 5.73 Å². The molecule has 2 N–H and O–H groups in total. The molecule has 0 amide bonds. The highest BCUT2D eigenvalue weighted by atomic mass is 32.1. The lowest BCUT2D eigenvalue weighted by Crippen LogP contribution is -2.22. The molecule has 6 nitrogen and oxygen atoms in total. The predicted octanol–water partition coefficient (Wildman–Crippen LogP) is 1.34. The lowest BCUT2D eigenvalue weighted by Gasteiger charge is -2.00. The van der Waals surface area contributed by atoms with Gasteiger partial charge in [0.2, 0.25) is 4.96 Å². The van der Waals surface area contributed by atoms with Crippen molar-refractivity contribution in [2.75, 3.05) is 6.54 Å². The van der Waals surface area contributed by atoms with Crippen LogP contribution in [-0.4, -0.2) is 26.4 Å². The number of hydrogen-bond donors (Lipinski definition) is 1. The van der Waals surface area contributed by atoms with Crippen molar-refractivity contribution in [3.8, 4) is 0 Å². The van der Waals surface area contributed by atoms with Gasteiger partial charge >= 0.3 is 0 Å². The van der Waals surface area contributed by atoms with Gasteiger partial charge in [0.15, 0.2) is 0 Å². The summed E-state index contributed by atoms with van der Waals surface area (Å²) in [6.07, 6.45) is 2.07. The Morgan fingerprint density at radius 2 is 2.00 bits per heavy atom. The Morgan fingerprint density at radius 1 is 1.23 bits per heavy atom. The van der Waals surface area contributed by atoms with E-state index in [1.807, 2.05) is 31.2 Å². The fraction of sp³-hybridized carbons (Fsp3) is 0.333. The fourth-order valence-corrected chi connectivity index (χ4v) is 3.02. The van der Waals surface area contributed by atoms with Crippen LogP contribution in [0, 0.1) is 6.92 Å². The van der Waals surface area contributed by atoms with Crippen molar-refractivity contribution in [1.82, 2.24) is 19.8 Å². The number of aromatic nitrogens is 4. The average Bonchev–Trinajstić information content (AvgIpc) is 2.94. The molecule has 0 saturated carbocycles. The van der Waals surface area contributed by atoms with Crippen LogP contribution < -0.4 is 11.3 Å². The van der Waals surface area contributed by atoms with Crippen LogP contribution in [0.3, 0.4) is 0 Å². The maximum Gasteiger partial charge on any atom is 0.297 e. The van der Waals surface area contributed by atoms with Crippen LogP contribution in [0.4, 0.5) is 0 Å². The van der Waals surface area contributed by atoms with Crippen molar-refractivity contribution >= 4 is 16.3 Å². The number of hydrogen-bond acceptors (Lipinski definition) is 6. The predicted molar refractivity (Wildman–Crippen MR) is 86.3 cm³/mol. The Hall–Kier alpha value is -2.12. The first kappa shape index (κ1) is 14.8. The second-order valence-electron chi connectivity index (χ2n) is 5.20. The first-order chi connectivity index (χ1) is 10.7. The van der Waals surface area contributed by atoms with Gasteiger partial charge in [-0.25, -0.2) is 0 Å². The molecule has 3 rings (SSSR count). The summed E-state index contributed by atoms with van der Waals surface area (Å²) in [5.41, 5.74) is 7.95. The van der Waals surface area contributed by atoms with Gasteiger partial charge in [-0.2, -0.15) is 9.61 Å². The van der Waals surface area contributed by atoms with E-state index in [0.717, 1.165) is 23.4 Å². The Bertz CT molecular complexity index is 837. The molecule has 0 aliphatic rings. The van der Waals surface area contributed by atoms with Crippen molar-refractivity contribution in [1.29, 1.82) is 0 Å². The molecular formula is C15H17N5OS. The van der Waals surface area contributed by atoms with Crippen molar-refractivity contribution in [3.63, 3.8) is 0 Å². The van der Waals surface area contributed by atoms with Crippen LogP contribution in [0.5, 0.6) is 0 Å². The molecule has 0 saturated heterocycles. The van der Waals surface area contributed by atoms with E-state index < -0.39 is 0 Å². The summed E-state index contributed by atoms with van der Waals surface area (Å²) in [6.45, 7) is 2.64. The van der Waals surface area contributed by atoms with E-state index in [1.54, 1.807) is 0 Å². The molecule has 0 fully saturated rings. The summed E-state index contributed by atoms with van der Waals surface area (Å²) in [5, 5.41) is 13.4. The molecule has 2 heterocycles. The standard InChI is InChI=1S/C15H17N5OS/c1-10-4-6-11(7-5-10)9-12-14(21)20-15(18-17-12)22-13(19-20)3-2-8-16/h4-7H,2-3,8-9,16H2,1H3. The van der Waals surface area contributed by atoms with E-state index >= 15 is 0 Å². The highest BCUT2D eigenvalue weighted by molar-refractivity contribution is 7.16. The Labute approximate surface area is 131 Å². The van der Waals surface area contributed by atoms with Crippen LogP contribution in [-0.2, 0) is 12.8 Å². The zero-order valence-corrected chi connectivity index (χ0v) is 13.1. The summed E-state index contributed by atoms with van der Waals surface area (Å²) < 4.78 is 1.35. The number of rotatable bonds is 5. The molecule has 0 radical (unpaired) electrons. The molecule has 2 aromatic heterocycles. The molecular weight excluding hydrogens is 298 g/mol. The summed E-state index contributed by atoms with van der Waals surface area (Å²) in [6, 6.07) is 8.04. The smallest absolute Gasteiger partial charge is 0.297 e. The van der Waals surface area contributed by atoms with E-state index in [-0.39, 0.29) is 5.56 Å². The maximum atomic E-state index is 12.5. The van der Waals surface area contributed by atoms with Gasteiger partial charge in [0.05, 0.1) is 0 Å². The van der Waals surface area contributed by atoms with E-state index in [4.69, 9.17) is 5.73 Å². The second-order valence-corrected chi connectivity index (χ2v) is 6.24. The molecule has 0 atom stereocenters. The van der Waals surface area contributed by atoms with Gasteiger partial charge in [-0.15, -0.1) is 10.2 Å². The van der Waals surface area contributed by atoms with Gasteiger partial charge in [-0.3, -0.25) is 4.79 Å². The zero-order chi connectivity index (χ0) is 15.5. The molecule has 114 valence electrons. The molecule has 7 heteroatoms. The van der Waals surface area contributed by atoms with Gasteiger partial charge in [-0.1, -0.05) is 41.2 Å². The topological polar surface area (TPSA) is 86.2 Å². The van der Waals surface area contributed by atoms with E-state index in [0.29, 0.717) is 23.6 Å². The summed E-state index contributed by atoms with van der Waals surface area (Å²) >= 11 is 1.39. The number of aryl methyl sites for hydroxylation is 2. The summed E-state index contributed by atoms with van der Waals surface area (Å²) in [5.74, 6) is 0. The lowest BCUT2D eigenvalue weighted by atomic mass is 10.1. The number of nitrogens with two attached hydrogens (primary N) is 1. The Balaban J connectivity index is 1.92. The molecule has 3 aromatic rings. The minimum atomic E-state index is -0.194. The second kappa shape index (κ2) is 6.33. The number of fused-ring (bicyclic) bond motifs is 1. The largest absolute Gasteiger partial charge is 0.330 e. The van der Waals surface area contributed by atoms with Crippen molar-refractivity contribution in [3.05, 3.63) is 56.4 Å². The number of nitrogens with zero attached hydrogens (tertiary/aromatic N) is 4. The fourth-order valence-electron chi connectivity index (χ4n) is 2.15. The minimum Gasteiger partial charge on any atom is -0.330 e. The zero-order valence-electron chi connectivity index (χ0n) is 12.3. The molecule has 0 aliphatic heterocycles. The van der Waals surface area contributed by atoms with E-state index in [2.05, 4.69) is 15.3 Å². The van der Waals surface area contributed by atoms with Crippen molar-refractivity contribution < 1.29 is 0 Å². The first-order valence-electron chi connectivity index (χ1n) is 7.17. The quantitative estimate of drug-likeness (QED) is 0.768. The lowest BCUT2D eigenvalue weighted by molar-refractivity contribution is 0.763. The third-order valence-electron chi connectivity index (χ3n) is 3.38. The summed E-state index contributed by atoms with van der Waals surface area (Å²) in [4.78, 5) is 13.0. The SMILES string of the molecule is Cc1ccc(Cc2nnc3sc(CCCN)nn3c2=O)cc1. The van der Waals surface area contributed by atoms with Gasteiger partial charge in [0, 0.05) is 12.8 Å². The van der Waals surface area contributed by atoms with Crippen LogP contribution in [0.15, 0.2) is 29.1 Å². The maximum absolute atomic E-state index is 12.5. The third-order valence-corrected chi connectivity index (χ3v) is 4.34. The first-order valence-corrected chi connectivity index (χ1v) is 7.99.